The molecule has 0 atom stereocenters. The number of nitrogens with zero attached hydrogens (tertiary/aromatic N) is 4. The predicted octanol–water partition coefficient (Wildman–Crippen LogP) is 5.17. The molecule has 0 saturated heterocycles. The zero-order valence-electron chi connectivity index (χ0n) is 16.3. The molecule has 32 heavy (non-hydrogen) atoms. The largest absolute Gasteiger partial charge is 0.417 e. The second kappa shape index (κ2) is 7.79. The summed E-state index contributed by atoms with van der Waals surface area (Å²) in [5, 5.41) is 9.63. The number of aromatic nitrogens is 4. The molecule has 0 saturated carbocycles. The first kappa shape index (κ1) is 20.3. The third-order valence-corrected chi connectivity index (χ3v) is 5.30. The van der Waals surface area contributed by atoms with Gasteiger partial charge in [-0.25, -0.2) is 19.9 Å². The molecule has 3 N–H and O–H groups in total. The van der Waals surface area contributed by atoms with Gasteiger partial charge in [0.15, 0.2) is 11.6 Å². The van der Waals surface area contributed by atoms with Gasteiger partial charge in [-0.3, -0.25) is 0 Å². The van der Waals surface area contributed by atoms with Crippen LogP contribution < -0.4 is 16.0 Å². The molecule has 0 radical (unpaired) electrons. The van der Waals surface area contributed by atoms with Gasteiger partial charge in [-0.2, -0.15) is 13.2 Å². The van der Waals surface area contributed by atoms with Crippen molar-refractivity contribution < 1.29 is 13.2 Å². The minimum Gasteiger partial charge on any atom is -0.362 e. The van der Waals surface area contributed by atoms with Crippen LogP contribution in [0.3, 0.4) is 0 Å². The summed E-state index contributed by atoms with van der Waals surface area (Å²) < 4.78 is 41.2. The maximum absolute atomic E-state index is 13.7. The topological polar surface area (TPSA) is 87.7 Å². The normalized spacial score (nSPS) is 12.9. The first-order valence-corrected chi connectivity index (χ1v) is 9.98. The van der Waals surface area contributed by atoms with E-state index in [9.17, 15) is 13.2 Å². The van der Waals surface area contributed by atoms with E-state index in [0.717, 1.165) is 6.07 Å². The number of hydrogen-bond acceptors (Lipinski definition) is 7. The van der Waals surface area contributed by atoms with Crippen molar-refractivity contribution >= 4 is 40.0 Å². The lowest BCUT2D eigenvalue weighted by atomic mass is 10.0. The molecule has 2 aromatic carbocycles. The molecule has 0 aliphatic carbocycles. The molecule has 0 spiro atoms. The number of anilines is 3. The molecule has 5 rings (SSSR count). The fraction of sp³-hybridized carbons (Fsp3) is 0.143. The van der Waals surface area contributed by atoms with Crippen molar-refractivity contribution in [2.45, 2.75) is 12.7 Å². The summed E-state index contributed by atoms with van der Waals surface area (Å²) in [5.41, 5.74) is 1.06. The van der Waals surface area contributed by atoms with Crippen molar-refractivity contribution in [1.82, 2.24) is 19.9 Å². The van der Waals surface area contributed by atoms with Gasteiger partial charge in [0.05, 0.1) is 40.7 Å². The van der Waals surface area contributed by atoms with Gasteiger partial charge in [0, 0.05) is 5.56 Å². The Morgan fingerprint density at radius 1 is 1.00 bits per heavy atom. The van der Waals surface area contributed by atoms with Crippen molar-refractivity contribution in [3.8, 4) is 11.3 Å². The Balaban J connectivity index is 1.64. The summed E-state index contributed by atoms with van der Waals surface area (Å²) in [4.78, 5) is 17.5. The van der Waals surface area contributed by atoms with Crippen LogP contribution in [-0.2, 0) is 12.7 Å². The molecule has 3 heterocycles. The number of rotatable bonds is 4. The van der Waals surface area contributed by atoms with E-state index < -0.39 is 11.7 Å². The molecule has 2 aromatic heterocycles. The predicted molar refractivity (Wildman–Crippen MR) is 116 cm³/mol. The van der Waals surface area contributed by atoms with Crippen LogP contribution in [0, 0.1) is 0 Å². The highest BCUT2D eigenvalue weighted by Gasteiger charge is 2.34. The van der Waals surface area contributed by atoms with E-state index in [4.69, 9.17) is 11.6 Å². The number of benzene rings is 2. The Morgan fingerprint density at radius 2 is 1.84 bits per heavy atom. The average Bonchev–Trinajstić information content (AvgIpc) is 3.26. The molecule has 7 nitrogen and oxygen atoms in total. The number of hydrogen-bond donors (Lipinski definition) is 3. The van der Waals surface area contributed by atoms with E-state index in [-0.39, 0.29) is 17.8 Å². The minimum atomic E-state index is -4.55. The Labute approximate surface area is 185 Å². The molecule has 162 valence electrons. The second-order valence-corrected chi connectivity index (χ2v) is 7.41. The molecule has 0 unspecified atom stereocenters. The Kier molecular flexibility index (Phi) is 4.93. The Bertz CT molecular complexity index is 1330. The minimum absolute atomic E-state index is 0.0705. The lowest BCUT2D eigenvalue weighted by Crippen LogP contribution is -2.12. The van der Waals surface area contributed by atoms with E-state index in [1.165, 1.54) is 24.5 Å². The summed E-state index contributed by atoms with van der Waals surface area (Å²) in [5.74, 6) is 1.14. The maximum Gasteiger partial charge on any atom is 0.417 e. The van der Waals surface area contributed by atoms with Crippen LogP contribution in [0.15, 0.2) is 48.8 Å². The molecule has 4 aromatic rings. The number of nitrogens with one attached hydrogen (secondary N) is 3. The van der Waals surface area contributed by atoms with Crippen molar-refractivity contribution in [3.63, 3.8) is 0 Å². The standard InChI is InChI=1S/C21H15ClF3N7/c22-13-6-3-7-14-17(13)32-16(11-4-1-2-5-12(11)21(23,24)25)15(31-14)8-26-19-18-20(28-9-27-18)30-10-29-19/h1-7,10,27H,8-9H2,(H2,26,28,29,30). The Morgan fingerprint density at radius 3 is 2.69 bits per heavy atom. The molecular formula is C21H15ClF3N7. The zero-order chi connectivity index (χ0) is 22.3. The zero-order valence-corrected chi connectivity index (χ0v) is 17.1. The van der Waals surface area contributed by atoms with Crippen molar-refractivity contribution in [1.29, 1.82) is 0 Å². The van der Waals surface area contributed by atoms with Crippen molar-refractivity contribution in [2.75, 3.05) is 22.6 Å². The van der Waals surface area contributed by atoms with Gasteiger partial charge >= 0.3 is 6.18 Å². The molecule has 0 fully saturated rings. The molecule has 1 aliphatic heterocycles. The lowest BCUT2D eigenvalue weighted by Gasteiger charge is -2.16. The highest BCUT2D eigenvalue weighted by molar-refractivity contribution is 6.34. The highest BCUT2D eigenvalue weighted by Crippen LogP contribution is 2.38. The molecular weight excluding hydrogens is 443 g/mol. The number of halogens is 4. The smallest absolute Gasteiger partial charge is 0.362 e. The van der Waals surface area contributed by atoms with Gasteiger partial charge in [-0.1, -0.05) is 35.9 Å². The fourth-order valence-corrected chi connectivity index (χ4v) is 3.77. The average molecular weight is 458 g/mol. The van der Waals surface area contributed by atoms with Gasteiger partial charge in [-0.05, 0) is 18.2 Å². The van der Waals surface area contributed by atoms with Crippen LogP contribution >= 0.6 is 11.6 Å². The quantitative estimate of drug-likeness (QED) is 0.390. The Hall–Kier alpha value is -3.66. The first-order chi connectivity index (χ1) is 15.4. The summed E-state index contributed by atoms with van der Waals surface area (Å²) in [6.45, 7) is 0.587. The fourth-order valence-electron chi connectivity index (χ4n) is 3.56. The third kappa shape index (κ3) is 3.62. The van der Waals surface area contributed by atoms with Gasteiger partial charge in [0.1, 0.15) is 17.5 Å². The van der Waals surface area contributed by atoms with E-state index in [0.29, 0.717) is 45.7 Å². The summed E-state index contributed by atoms with van der Waals surface area (Å²) in [6, 6.07) is 10.3. The van der Waals surface area contributed by atoms with E-state index >= 15 is 0 Å². The van der Waals surface area contributed by atoms with Crippen molar-refractivity contribution in [2.24, 2.45) is 0 Å². The highest BCUT2D eigenvalue weighted by atomic mass is 35.5. The number of fused-ring (bicyclic) bond motifs is 2. The first-order valence-electron chi connectivity index (χ1n) is 9.60. The van der Waals surface area contributed by atoms with Gasteiger partial charge < -0.3 is 16.0 Å². The van der Waals surface area contributed by atoms with Crippen LogP contribution in [-0.4, -0.2) is 26.6 Å². The van der Waals surface area contributed by atoms with E-state index in [1.807, 2.05) is 0 Å². The molecule has 1 aliphatic rings. The van der Waals surface area contributed by atoms with Crippen molar-refractivity contribution in [3.05, 3.63) is 65.1 Å². The van der Waals surface area contributed by atoms with Crippen LogP contribution in [0.2, 0.25) is 5.02 Å². The van der Waals surface area contributed by atoms with Gasteiger partial charge in [-0.15, -0.1) is 0 Å². The number of para-hydroxylation sites is 1. The molecule has 0 amide bonds. The van der Waals surface area contributed by atoms with E-state index in [1.54, 1.807) is 18.2 Å². The SMILES string of the molecule is FC(F)(F)c1ccccc1-c1nc2c(Cl)cccc2nc1CNc1ncnc2c1NCN2. The number of alkyl halides is 3. The van der Waals surface area contributed by atoms with Crippen LogP contribution in [0.1, 0.15) is 11.3 Å². The molecule has 11 heteroatoms. The summed E-state index contributed by atoms with van der Waals surface area (Å²) in [7, 11) is 0. The lowest BCUT2D eigenvalue weighted by molar-refractivity contribution is -0.137. The van der Waals surface area contributed by atoms with Gasteiger partial charge in [0.2, 0.25) is 0 Å². The van der Waals surface area contributed by atoms with Gasteiger partial charge in [0.25, 0.3) is 0 Å². The van der Waals surface area contributed by atoms with Crippen LogP contribution in [0.25, 0.3) is 22.3 Å². The van der Waals surface area contributed by atoms with E-state index in [2.05, 4.69) is 35.9 Å². The van der Waals surface area contributed by atoms with Crippen LogP contribution in [0.5, 0.6) is 0 Å². The third-order valence-electron chi connectivity index (χ3n) is 5.00. The molecule has 0 bridgehead atoms. The second-order valence-electron chi connectivity index (χ2n) is 7.00. The maximum atomic E-state index is 13.7. The summed E-state index contributed by atoms with van der Waals surface area (Å²) >= 11 is 6.26. The van der Waals surface area contributed by atoms with Crippen LogP contribution in [0.4, 0.5) is 30.5 Å². The summed E-state index contributed by atoms with van der Waals surface area (Å²) in [6.07, 6.45) is -3.16. The monoisotopic (exact) mass is 457 g/mol.